The summed E-state index contributed by atoms with van der Waals surface area (Å²) in [7, 11) is 0. The summed E-state index contributed by atoms with van der Waals surface area (Å²) in [6.07, 6.45) is -2.19. The normalized spacial score (nSPS) is 13.9. The molecule has 0 amide bonds. The Morgan fingerprint density at radius 1 is 1.40 bits per heavy atom. The van der Waals surface area contributed by atoms with E-state index >= 15 is 0 Å². The molecule has 5 heteroatoms. The fraction of sp³-hybridized carbons (Fsp3) is 0.500. The highest BCUT2D eigenvalue weighted by atomic mass is 19.4. The summed E-state index contributed by atoms with van der Waals surface area (Å²) < 4.78 is 36.6. The molecule has 0 aliphatic rings. The van der Waals surface area contributed by atoms with E-state index in [9.17, 15) is 13.2 Å². The van der Waals surface area contributed by atoms with Crippen LogP contribution in [0.3, 0.4) is 0 Å². The third-order valence-electron chi connectivity index (χ3n) is 2.15. The quantitative estimate of drug-likeness (QED) is 0.845. The van der Waals surface area contributed by atoms with E-state index in [1.165, 1.54) is 6.07 Å². The van der Waals surface area contributed by atoms with E-state index in [4.69, 9.17) is 5.73 Å². The molecule has 0 saturated heterocycles. The highest BCUT2D eigenvalue weighted by molar-refractivity contribution is 5.17. The molecule has 15 heavy (non-hydrogen) atoms. The Labute approximate surface area is 86.3 Å². The number of hydrogen-bond acceptors (Lipinski definition) is 2. The SMILES string of the molecule is CCC(N)Cc1ccc(C(F)(F)F)cn1. The van der Waals surface area contributed by atoms with Gasteiger partial charge in [0.2, 0.25) is 0 Å². The van der Waals surface area contributed by atoms with E-state index in [1.807, 2.05) is 6.92 Å². The Balaban J connectivity index is 2.73. The minimum Gasteiger partial charge on any atom is -0.327 e. The van der Waals surface area contributed by atoms with Gasteiger partial charge in [-0.3, -0.25) is 4.98 Å². The summed E-state index contributed by atoms with van der Waals surface area (Å²) in [6, 6.07) is 2.36. The van der Waals surface area contributed by atoms with Crippen molar-refractivity contribution in [1.82, 2.24) is 4.98 Å². The lowest BCUT2D eigenvalue weighted by Gasteiger charge is -2.09. The van der Waals surface area contributed by atoms with Crippen LogP contribution < -0.4 is 5.73 Å². The van der Waals surface area contributed by atoms with E-state index in [2.05, 4.69) is 4.98 Å². The Bertz CT molecular complexity index is 305. The second-order valence-corrected chi connectivity index (χ2v) is 3.41. The van der Waals surface area contributed by atoms with Gasteiger partial charge in [0.1, 0.15) is 0 Å². The first-order valence-corrected chi connectivity index (χ1v) is 4.71. The monoisotopic (exact) mass is 218 g/mol. The third kappa shape index (κ3) is 3.51. The number of alkyl halides is 3. The first kappa shape index (κ1) is 12.0. The molecule has 1 aromatic heterocycles. The molecular formula is C10H13F3N2. The molecule has 1 aromatic rings. The topological polar surface area (TPSA) is 38.9 Å². The van der Waals surface area contributed by atoms with Crippen LogP contribution in [0.2, 0.25) is 0 Å². The van der Waals surface area contributed by atoms with Crippen LogP contribution in [0.1, 0.15) is 24.6 Å². The zero-order chi connectivity index (χ0) is 11.5. The molecule has 0 aliphatic heterocycles. The predicted octanol–water partition coefficient (Wildman–Crippen LogP) is 2.38. The number of hydrogen-bond donors (Lipinski definition) is 1. The molecule has 0 fully saturated rings. The minimum atomic E-state index is -4.32. The Morgan fingerprint density at radius 2 is 2.07 bits per heavy atom. The van der Waals surface area contributed by atoms with Gasteiger partial charge < -0.3 is 5.73 Å². The molecule has 0 saturated carbocycles. The number of halogens is 3. The smallest absolute Gasteiger partial charge is 0.327 e. The standard InChI is InChI=1S/C10H13F3N2/c1-2-8(14)5-9-4-3-7(6-15-9)10(11,12)13/h3-4,6,8H,2,5,14H2,1H3. The molecule has 0 spiro atoms. The van der Waals surface area contributed by atoms with Crippen LogP contribution in [-0.2, 0) is 12.6 Å². The summed E-state index contributed by atoms with van der Waals surface area (Å²) in [5, 5.41) is 0. The van der Waals surface area contributed by atoms with Crippen LogP contribution in [0, 0.1) is 0 Å². The van der Waals surface area contributed by atoms with E-state index in [-0.39, 0.29) is 6.04 Å². The van der Waals surface area contributed by atoms with Crippen molar-refractivity contribution in [2.75, 3.05) is 0 Å². The largest absolute Gasteiger partial charge is 0.417 e. The van der Waals surface area contributed by atoms with Gasteiger partial charge in [-0.05, 0) is 18.6 Å². The fourth-order valence-electron chi connectivity index (χ4n) is 1.13. The van der Waals surface area contributed by atoms with Gasteiger partial charge in [0.05, 0.1) is 5.56 Å². The molecule has 1 rings (SSSR count). The molecule has 1 heterocycles. The number of aromatic nitrogens is 1. The van der Waals surface area contributed by atoms with E-state index < -0.39 is 11.7 Å². The zero-order valence-corrected chi connectivity index (χ0v) is 8.38. The van der Waals surface area contributed by atoms with Gasteiger partial charge >= 0.3 is 6.18 Å². The molecular weight excluding hydrogens is 205 g/mol. The van der Waals surface area contributed by atoms with Crippen LogP contribution in [0.15, 0.2) is 18.3 Å². The van der Waals surface area contributed by atoms with Gasteiger partial charge in [-0.15, -0.1) is 0 Å². The Kier molecular flexibility index (Phi) is 3.68. The second-order valence-electron chi connectivity index (χ2n) is 3.41. The molecule has 0 radical (unpaired) electrons. The number of nitrogens with two attached hydrogens (primary N) is 1. The van der Waals surface area contributed by atoms with Crippen LogP contribution in [0.5, 0.6) is 0 Å². The van der Waals surface area contributed by atoms with E-state index in [0.29, 0.717) is 12.1 Å². The highest BCUT2D eigenvalue weighted by Gasteiger charge is 2.30. The zero-order valence-electron chi connectivity index (χ0n) is 8.38. The van der Waals surface area contributed by atoms with Crippen LogP contribution in [0.25, 0.3) is 0 Å². The van der Waals surface area contributed by atoms with Crippen molar-refractivity contribution in [3.63, 3.8) is 0 Å². The first-order chi connectivity index (χ1) is 6.93. The average molecular weight is 218 g/mol. The lowest BCUT2D eigenvalue weighted by Crippen LogP contribution is -2.22. The highest BCUT2D eigenvalue weighted by Crippen LogP contribution is 2.28. The predicted molar refractivity (Wildman–Crippen MR) is 51.2 cm³/mol. The third-order valence-corrected chi connectivity index (χ3v) is 2.15. The molecule has 1 unspecified atom stereocenters. The molecule has 0 aromatic carbocycles. The first-order valence-electron chi connectivity index (χ1n) is 4.71. The summed E-state index contributed by atoms with van der Waals surface area (Å²) in [5.74, 6) is 0. The van der Waals surface area contributed by atoms with Gasteiger partial charge in [0.15, 0.2) is 0 Å². The average Bonchev–Trinajstić information content (AvgIpc) is 2.17. The van der Waals surface area contributed by atoms with E-state index in [1.54, 1.807) is 0 Å². The van der Waals surface area contributed by atoms with Gasteiger partial charge in [-0.2, -0.15) is 13.2 Å². The van der Waals surface area contributed by atoms with Crippen LogP contribution in [-0.4, -0.2) is 11.0 Å². The number of nitrogens with zero attached hydrogens (tertiary/aromatic N) is 1. The van der Waals surface area contributed by atoms with Gasteiger partial charge in [0.25, 0.3) is 0 Å². The summed E-state index contributed by atoms with van der Waals surface area (Å²) in [5.41, 5.74) is 5.54. The Hall–Kier alpha value is -1.10. The van der Waals surface area contributed by atoms with Crippen LogP contribution in [0.4, 0.5) is 13.2 Å². The van der Waals surface area contributed by atoms with Crippen molar-refractivity contribution >= 4 is 0 Å². The molecule has 0 aliphatic carbocycles. The molecule has 0 bridgehead atoms. The maximum absolute atomic E-state index is 12.2. The molecule has 1 atom stereocenters. The number of rotatable bonds is 3. The van der Waals surface area contributed by atoms with E-state index in [0.717, 1.165) is 18.7 Å². The van der Waals surface area contributed by atoms with Crippen molar-refractivity contribution in [3.05, 3.63) is 29.6 Å². The van der Waals surface area contributed by atoms with Crippen molar-refractivity contribution in [2.24, 2.45) is 5.73 Å². The lowest BCUT2D eigenvalue weighted by atomic mass is 10.1. The van der Waals surface area contributed by atoms with Crippen molar-refractivity contribution in [3.8, 4) is 0 Å². The maximum atomic E-state index is 12.2. The summed E-state index contributed by atoms with van der Waals surface area (Å²) >= 11 is 0. The van der Waals surface area contributed by atoms with Crippen molar-refractivity contribution in [1.29, 1.82) is 0 Å². The summed E-state index contributed by atoms with van der Waals surface area (Å²) in [4.78, 5) is 3.73. The molecule has 2 N–H and O–H groups in total. The lowest BCUT2D eigenvalue weighted by molar-refractivity contribution is -0.137. The fourth-order valence-corrected chi connectivity index (χ4v) is 1.13. The second kappa shape index (κ2) is 4.61. The van der Waals surface area contributed by atoms with Crippen molar-refractivity contribution in [2.45, 2.75) is 32.0 Å². The minimum absolute atomic E-state index is 0.0470. The molecule has 84 valence electrons. The van der Waals surface area contributed by atoms with Gasteiger partial charge in [0, 0.05) is 24.4 Å². The van der Waals surface area contributed by atoms with Crippen LogP contribution >= 0.6 is 0 Å². The van der Waals surface area contributed by atoms with Gasteiger partial charge in [-0.1, -0.05) is 6.92 Å². The van der Waals surface area contributed by atoms with Crippen molar-refractivity contribution < 1.29 is 13.2 Å². The summed E-state index contributed by atoms with van der Waals surface area (Å²) in [6.45, 7) is 1.93. The van der Waals surface area contributed by atoms with Gasteiger partial charge in [-0.25, -0.2) is 0 Å². The molecule has 2 nitrogen and oxygen atoms in total. The Morgan fingerprint density at radius 3 is 2.47 bits per heavy atom. The maximum Gasteiger partial charge on any atom is 0.417 e. The number of pyridine rings is 1.